The molecular weight excluding hydrogens is 180 g/mol. The average molecular weight is 188 g/mol. The first kappa shape index (κ1) is 8.43. The lowest BCUT2D eigenvalue weighted by atomic mass is 10.2. The van der Waals surface area contributed by atoms with Gasteiger partial charge in [0.2, 0.25) is 0 Å². The van der Waals surface area contributed by atoms with Gasteiger partial charge in [0.15, 0.2) is 0 Å². The van der Waals surface area contributed by atoms with Crippen LogP contribution in [0.1, 0.15) is 5.56 Å². The lowest BCUT2D eigenvalue weighted by molar-refractivity contribution is 0.322. The standard InChI is InChI=1S/C9H8N4O/c14-12-5-8-1-3-9(4-2-8)13-7-10-6-11-13/h1-7,14H/b12-5+. The van der Waals surface area contributed by atoms with E-state index in [-0.39, 0.29) is 0 Å². The molecule has 0 atom stereocenters. The highest BCUT2D eigenvalue weighted by atomic mass is 16.4. The van der Waals surface area contributed by atoms with Crippen molar-refractivity contribution in [3.63, 3.8) is 0 Å². The summed E-state index contributed by atoms with van der Waals surface area (Å²) < 4.78 is 1.65. The van der Waals surface area contributed by atoms with Crippen molar-refractivity contribution in [2.75, 3.05) is 0 Å². The smallest absolute Gasteiger partial charge is 0.138 e. The number of hydrogen-bond donors (Lipinski definition) is 1. The third kappa shape index (κ3) is 1.61. The van der Waals surface area contributed by atoms with E-state index < -0.39 is 0 Å². The Labute approximate surface area is 80.3 Å². The van der Waals surface area contributed by atoms with Gasteiger partial charge in [-0.25, -0.2) is 9.67 Å². The Kier molecular flexibility index (Phi) is 2.22. The maximum absolute atomic E-state index is 8.31. The molecule has 0 bridgehead atoms. The summed E-state index contributed by atoms with van der Waals surface area (Å²) in [6.07, 6.45) is 4.46. The molecule has 2 aromatic rings. The molecule has 0 amide bonds. The summed E-state index contributed by atoms with van der Waals surface area (Å²) >= 11 is 0. The number of benzene rings is 1. The van der Waals surface area contributed by atoms with Gasteiger partial charge in [-0.15, -0.1) is 0 Å². The van der Waals surface area contributed by atoms with Gasteiger partial charge in [-0.2, -0.15) is 5.10 Å². The van der Waals surface area contributed by atoms with E-state index in [2.05, 4.69) is 15.2 Å². The maximum Gasteiger partial charge on any atom is 0.138 e. The maximum atomic E-state index is 8.31. The molecule has 1 aromatic carbocycles. The highest BCUT2D eigenvalue weighted by Gasteiger charge is 1.95. The summed E-state index contributed by atoms with van der Waals surface area (Å²) in [5.74, 6) is 0. The van der Waals surface area contributed by atoms with Crippen LogP contribution in [0.15, 0.2) is 42.1 Å². The summed E-state index contributed by atoms with van der Waals surface area (Å²) in [4.78, 5) is 3.84. The van der Waals surface area contributed by atoms with E-state index in [0.29, 0.717) is 0 Å². The molecule has 0 fully saturated rings. The largest absolute Gasteiger partial charge is 0.411 e. The van der Waals surface area contributed by atoms with E-state index in [1.807, 2.05) is 24.3 Å². The monoisotopic (exact) mass is 188 g/mol. The molecule has 70 valence electrons. The molecular formula is C9H8N4O. The van der Waals surface area contributed by atoms with E-state index in [0.717, 1.165) is 11.3 Å². The van der Waals surface area contributed by atoms with Gasteiger partial charge in [-0.3, -0.25) is 0 Å². The molecule has 1 aromatic heterocycles. The van der Waals surface area contributed by atoms with Crippen molar-refractivity contribution < 1.29 is 5.21 Å². The minimum Gasteiger partial charge on any atom is -0.411 e. The van der Waals surface area contributed by atoms with Crippen LogP contribution in [0.25, 0.3) is 5.69 Å². The van der Waals surface area contributed by atoms with Crippen LogP contribution in [0, 0.1) is 0 Å². The van der Waals surface area contributed by atoms with Crippen LogP contribution in [0.2, 0.25) is 0 Å². The fourth-order valence-corrected chi connectivity index (χ4v) is 1.12. The van der Waals surface area contributed by atoms with Crippen LogP contribution < -0.4 is 0 Å². The van der Waals surface area contributed by atoms with Crippen LogP contribution in [0.5, 0.6) is 0 Å². The molecule has 1 N–H and O–H groups in total. The first-order chi connectivity index (χ1) is 6.90. The van der Waals surface area contributed by atoms with Crippen molar-refractivity contribution in [1.82, 2.24) is 14.8 Å². The Bertz CT molecular complexity index is 419. The lowest BCUT2D eigenvalue weighted by Gasteiger charge is -1.99. The first-order valence-electron chi connectivity index (χ1n) is 4.02. The van der Waals surface area contributed by atoms with Gasteiger partial charge in [0.1, 0.15) is 12.7 Å². The molecule has 0 unspecified atom stereocenters. The second-order valence-corrected chi connectivity index (χ2v) is 2.68. The minimum absolute atomic E-state index is 0.830. The van der Waals surface area contributed by atoms with Crippen LogP contribution in [-0.4, -0.2) is 26.2 Å². The van der Waals surface area contributed by atoms with Gasteiger partial charge >= 0.3 is 0 Å². The molecule has 1 heterocycles. The van der Waals surface area contributed by atoms with Crippen molar-refractivity contribution in [2.24, 2.45) is 5.16 Å². The van der Waals surface area contributed by atoms with E-state index in [1.54, 1.807) is 11.0 Å². The summed E-state index contributed by atoms with van der Waals surface area (Å²) in [7, 11) is 0. The average Bonchev–Trinajstić information content (AvgIpc) is 2.72. The number of rotatable bonds is 2. The van der Waals surface area contributed by atoms with Crippen LogP contribution in [0.3, 0.4) is 0 Å². The second kappa shape index (κ2) is 3.69. The Hall–Kier alpha value is -2.17. The molecule has 5 heteroatoms. The molecule has 0 radical (unpaired) electrons. The molecule has 0 aliphatic heterocycles. The molecule has 5 nitrogen and oxygen atoms in total. The number of aromatic nitrogens is 3. The zero-order valence-corrected chi connectivity index (χ0v) is 7.28. The minimum atomic E-state index is 0.830. The summed E-state index contributed by atoms with van der Waals surface area (Å²) in [5.41, 5.74) is 1.74. The van der Waals surface area contributed by atoms with Crippen molar-refractivity contribution in [3.05, 3.63) is 42.5 Å². The normalized spacial score (nSPS) is 10.9. The summed E-state index contributed by atoms with van der Waals surface area (Å²) in [5, 5.41) is 15.2. The number of nitrogens with zero attached hydrogens (tertiary/aromatic N) is 4. The van der Waals surface area contributed by atoms with Crippen LogP contribution >= 0.6 is 0 Å². The van der Waals surface area contributed by atoms with Gasteiger partial charge in [-0.05, 0) is 17.7 Å². The summed E-state index contributed by atoms with van der Waals surface area (Å²) in [6, 6.07) is 7.39. The Balaban J connectivity index is 2.31. The Morgan fingerprint density at radius 1 is 1.29 bits per heavy atom. The van der Waals surface area contributed by atoms with Crippen molar-refractivity contribution >= 4 is 6.21 Å². The Morgan fingerprint density at radius 3 is 2.64 bits per heavy atom. The van der Waals surface area contributed by atoms with E-state index in [9.17, 15) is 0 Å². The second-order valence-electron chi connectivity index (χ2n) is 2.68. The predicted octanol–water partition coefficient (Wildman–Crippen LogP) is 1.08. The summed E-state index contributed by atoms with van der Waals surface area (Å²) in [6.45, 7) is 0. The van der Waals surface area contributed by atoms with Crippen molar-refractivity contribution in [1.29, 1.82) is 0 Å². The van der Waals surface area contributed by atoms with Crippen LogP contribution in [-0.2, 0) is 0 Å². The fraction of sp³-hybridized carbons (Fsp3) is 0. The molecule has 2 rings (SSSR count). The lowest BCUT2D eigenvalue weighted by Crippen LogP contribution is -1.94. The van der Waals surface area contributed by atoms with E-state index in [1.165, 1.54) is 12.5 Å². The van der Waals surface area contributed by atoms with E-state index >= 15 is 0 Å². The van der Waals surface area contributed by atoms with E-state index in [4.69, 9.17) is 5.21 Å². The highest BCUT2D eigenvalue weighted by Crippen LogP contribution is 2.06. The van der Waals surface area contributed by atoms with Crippen molar-refractivity contribution in [2.45, 2.75) is 0 Å². The zero-order valence-electron chi connectivity index (χ0n) is 7.28. The first-order valence-corrected chi connectivity index (χ1v) is 4.02. The molecule has 0 saturated carbocycles. The van der Waals surface area contributed by atoms with Gasteiger partial charge in [-0.1, -0.05) is 17.3 Å². The third-order valence-corrected chi connectivity index (χ3v) is 1.78. The van der Waals surface area contributed by atoms with Crippen LogP contribution in [0.4, 0.5) is 0 Å². The molecule has 0 saturated heterocycles. The zero-order chi connectivity index (χ0) is 9.80. The van der Waals surface area contributed by atoms with Gasteiger partial charge in [0, 0.05) is 0 Å². The molecule has 0 aliphatic rings. The van der Waals surface area contributed by atoms with Gasteiger partial charge < -0.3 is 5.21 Å². The quantitative estimate of drug-likeness (QED) is 0.435. The highest BCUT2D eigenvalue weighted by molar-refractivity contribution is 5.79. The van der Waals surface area contributed by atoms with Gasteiger partial charge in [0.05, 0.1) is 11.9 Å². The van der Waals surface area contributed by atoms with Crippen molar-refractivity contribution in [3.8, 4) is 5.69 Å². The molecule has 0 spiro atoms. The topological polar surface area (TPSA) is 63.3 Å². The number of oxime groups is 1. The number of hydrogen-bond acceptors (Lipinski definition) is 4. The fourth-order valence-electron chi connectivity index (χ4n) is 1.12. The Morgan fingerprint density at radius 2 is 2.07 bits per heavy atom. The predicted molar refractivity (Wildman–Crippen MR) is 50.7 cm³/mol. The molecule has 14 heavy (non-hydrogen) atoms. The SMILES string of the molecule is O/N=C/c1ccc(-n2cncn2)cc1. The molecule has 0 aliphatic carbocycles. The third-order valence-electron chi connectivity index (χ3n) is 1.78. The van der Waals surface area contributed by atoms with Gasteiger partial charge in [0.25, 0.3) is 0 Å².